The fourth-order valence-corrected chi connectivity index (χ4v) is 4.51. The van der Waals surface area contributed by atoms with Crippen molar-refractivity contribution in [2.45, 2.75) is 31.0 Å². The predicted molar refractivity (Wildman–Crippen MR) is 98.2 cm³/mol. The number of benzene rings is 2. The number of ether oxygens (including phenoxy) is 1. The Morgan fingerprint density at radius 2 is 1.88 bits per heavy atom. The van der Waals surface area contributed by atoms with Gasteiger partial charge in [-0.3, -0.25) is 0 Å². The van der Waals surface area contributed by atoms with Crippen LogP contribution in [-0.4, -0.2) is 23.8 Å². The van der Waals surface area contributed by atoms with E-state index in [0.29, 0.717) is 0 Å². The average Bonchev–Trinajstić information content (AvgIpc) is 2.61. The maximum Gasteiger partial charge on any atom is 0.126 e. The number of nitrogens with one attached hydrogen (secondary N) is 1. The van der Waals surface area contributed by atoms with Crippen molar-refractivity contribution in [1.82, 2.24) is 5.32 Å². The fraction of sp³-hybridized carbons (Fsp3) is 0.400. The second-order valence-corrected chi connectivity index (χ2v) is 7.76. The third kappa shape index (κ3) is 2.87. The largest absolute Gasteiger partial charge is 0.486 e. The molecule has 0 saturated carbocycles. The van der Waals surface area contributed by atoms with Crippen molar-refractivity contribution in [1.29, 1.82) is 0 Å². The first kappa shape index (κ1) is 16.1. The van der Waals surface area contributed by atoms with E-state index in [1.165, 1.54) is 5.56 Å². The van der Waals surface area contributed by atoms with E-state index in [1.54, 1.807) is 0 Å². The van der Waals surface area contributed by atoms with Gasteiger partial charge in [-0.15, -0.1) is 0 Å². The van der Waals surface area contributed by atoms with Gasteiger partial charge in [0.25, 0.3) is 0 Å². The molecule has 0 aromatic heterocycles. The molecular formula is C20H22BrNO2. The van der Waals surface area contributed by atoms with Gasteiger partial charge in [0.1, 0.15) is 11.4 Å². The molecule has 0 amide bonds. The van der Waals surface area contributed by atoms with Crippen LogP contribution in [0.4, 0.5) is 0 Å². The van der Waals surface area contributed by atoms with Crippen molar-refractivity contribution in [3.8, 4) is 5.75 Å². The number of hydrogen-bond donors (Lipinski definition) is 2. The molecule has 2 aromatic rings. The number of rotatable bonds is 2. The van der Waals surface area contributed by atoms with Gasteiger partial charge in [0.2, 0.25) is 0 Å². The molecular weight excluding hydrogens is 366 g/mol. The van der Waals surface area contributed by atoms with E-state index in [-0.39, 0.29) is 11.5 Å². The first-order chi connectivity index (χ1) is 11.7. The molecule has 126 valence electrons. The standard InChI is InChI=1S/C20H22BrNO2/c21-15-6-7-18-16(13-15)19(23)17(12-14-4-2-1-3-5-14)20(24-18)8-10-22-11-9-20/h1-7,13,17,19,22-23H,8-12H2. The van der Waals surface area contributed by atoms with Crippen LogP contribution in [0.15, 0.2) is 53.0 Å². The van der Waals surface area contributed by atoms with Crippen molar-refractivity contribution < 1.29 is 9.84 Å². The Hall–Kier alpha value is -1.36. The van der Waals surface area contributed by atoms with Crippen molar-refractivity contribution in [2.75, 3.05) is 13.1 Å². The highest BCUT2D eigenvalue weighted by Gasteiger charge is 2.49. The van der Waals surface area contributed by atoms with Crippen molar-refractivity contribution in [3.63, 3.8) is 0 Å². The Morgan fingerprint density at radius 3 is 2.62 bits per heavy atom. The molecule has 2 aromatic carbocycles. The number of fused-ring (bicyclic) bond motifs is 1. The number of hydrogen-bond acceptors (Lipinski definition) is 3. The quantitative estimate of drug-likeness (QED) is 0.821. The second-order valence-electron chi connectivity index (χ2n) is 6.84. The van der Waals surface area contributed by atoms with Crippen molar-refractivity contribution in [3.05, 3.63) is 64.1 Å². The lowest BCUT2D eigenvalue weighted by Gasteiger charge is -2.49. The van der Waals surface area contributed by atoms with Gasteiger partial charge in [-0.1, -0.05) is 46.3 Å². The van der Waals surface area contributed by atoms with Crippen LogP contribution in [0.25, 0.3) is 0 Å². The summed E-state index contributed by atoms with van der Waals surface area (Å²) in [6, 6.07) is 16.4. The number of aliphatic hydroxyl groups is 1. The van der Waals surface area contributed by atoms with Crippen LogP contribution < -0.4 is 10.1 Å². The normalized spacial score (nSPS) is 25.1. The molecule has 0 aliphatic carbocycles. The molecule has 2 unspecified atom stereocenters. The van der Waals surface area contributed by atoms with Crippen LogP contribution in [0.5, 0.6) is 5.75 Å². The number of aliphatic hydroxyl groups excluding tert-OH is 1. The Labute approximate surface area is 151 Å². The topological polar surface area (TPSA) is 41.5 Å². The Bertz CT molecular complexity index is 713. The molecule has 1 fully saturated rings. The van der Waals surface area contributed by atoms with E-state index < -0.39 is 6.10 Å². The third-order valence-electron chi connectivity index (χ3n) is 5.41. The zero-order valence-electron chi connectivity index (χ0n) is 13.5. The van der Waals surface area contributed by atoms with Gasteiger partial charge in [0.15, 0.2) is 0 Å². The molecule has 3 nitrogen and oxygen atoms in total. The molecule has 2 atom stereocenters. The summed E-state index contributed by atoms with van der Waals surface area (Å²) in [6.07, 6.45) is 2.17. The highest BCUT2D eigenvalue weighted by molar-refractivity contribution is 9.10. The van der Waals surface area contributed by atoms with Crippen LogP contribution >= 0.6 is 15.9 Å². The molecule has 0 radical (unpaired) electrons. The van der Waals surface area contributed by atoms with Gasteiger partial charge in [-0.2, -0.15) is 0 Å². The summed E-state index contributed by atoms with van der Waals surface area (Å²) in [5, 5.41) is 14.6. The highest BCUT2D eigenvalue weighted by atomic mass is 79.9. The minimum absolute atomic E-state index is 0.0591. The van der Waals surface area contributed by atoms with E-state index in [4.69, 9.17) is 4.74 Å². The zero-order chi connectivity index (χ0) is 16.6. The molecule has 1 saturated heterocycles. The van der Waals surface area contributed by atoms with Crippen LogP contribution in [0, 0.1) is 5.92 Å². The smallest absolute Gasteiger partial charge is 0.126 e. The summed E-state index contributed by atoms with van der Waals surface area (Å²) in [6.45, 7) is 1.87. The van der Waals surface area contributed by atoms with Crippen LogP contribution in [0.1, 0.15) is 30.1 Å². The lowest BCUT2D eigenvalue weighted by molar-refractivity contribution is -0.0920. The Kier molecular flexibility index (Phi) is 4.37. The summed E-state index contributed by atoms with van der Waals surface area (Å²) in [7, 11) is 0. The summed E-state index contributed by atoms with van der Waals surface area (Å²) in [4.78, 5) is 0. The maximum absolute atomic E-state index is 11.2. The van der Waals surface area contributed by atoms with Gasteiger partial charge in [-0.25, -0.2) is 0 Å². The summed E-state index contributed by atoms with van der Waals surface area (Å²) < 4.78 is 7.53. The first-order valence-electron chi connectivity index (χ1n) is 8.59. The molecule has 0 bridgehead atoms. The molecule has 2 N–H and O–H groups in total. The molecule has 1 spiro atoms. The van der Waals surface area contributed by atoms with E-state index in [2.05, 4.69) is 45.5 Å². The van der Waals surface area contributed by atoms with E-state index in [0.717, 1.165) is 48.1 Å². The molecule has 24 heavy (non-hydrogen) atoms. The molecule has 2 aliphatic heterocycles. The predicted octanol–water partition coefficient (Wildman–Crippen LogP) is 3.86. The van der Waals surface area contributed by atoms with Crippen LogP contribution in [-0.2, 0) is 6.42 Å². The monoisotopic (exact) mass is 387 g/mol. The van der Waals surface area contributed by atoms with E-state index >= 15 is 0 Å². The summed E-state index contributed by atoms with van der Waals surface area (Å²) in [5.41, 5.74) is 1.86. The third-order valence-corrected chi connectivity index (χ3v) is 5.90. The SMILES string of the molecule is OC1c2cc(Br)ccc2OC2(CCNCC2)C1Cc1ccccc1. The van der Waals surface area contributed by atoms with Gasteiger partial charge < -0.3 is 15.2 Å². The van der Waals surface area contributed by atoms with Gasteiger partial charge >= 0.3 is 0 Å². The summed E-state index contributed by atoms with van der Waals surface area (Å²) >= 11 is 3.52. The van der Waals surface area contributed by atoms with Crippen LogP contribution in [0.2, 0.25) is 0 Å². The van der Waals surface area contributed by atoms with Gasteiger partial charge in [0.05, 0.1) is 6.10 Å². The lowest BCUT2D eigenvalue weighted by atomic mass is 9.70. The minimum Gasteiger partial charge on any atom is -0.486 e. The molecule has 4 heteroatoms. The van der Waals surface area contributed by atoms with Crippen molar-refractivity contribution in [2.24, 2.45) is 5.92 Å². The molecule has 2 heterocycles. The second kappa shape index (κ2) is 6.51. The minimum atomic E-state index is -0.510. The van der Waals surface area contributed by atoms with E-state index in [9.17, 15) is 5.11 Å². The Balaban J connectivity index is 1.74. The zero-order valence-corrected chi connectivity index (χ0v) is 15.1. The van der Waals surface area contributed by atoms with E-state index in [1.807, 2.05) is 24.3 Å². The number of halogens is 1. The van der Waals surface area contributed by atoms with Gasteiger partial charge in [-0.05, 0) is 43.3 Å². The number of piperidine rings is 1. The average molecular weight is 388 g/mol. The lowest BCUT2D eigenvalue weighted by Crippen LogP contribution is -2.55. The molecule has 4 rings (SSSR count). The van der Waals surface area contributed by atoms with Gasteiger partial charge in [0, 0.05) is 28.8 Å². The van der Waals surface area contributed by atoms with Crippen molar-refractivity contribution >= 4 is 15.9 Å². The first-order valence-corrected chi connectivity index (χ1v) is 9.38. The fourth-order valence-electron chi connectivity index (χ4n) is 4.13. The highest BCUT2D eigenvalue weighted by Crippen LogP contribution is 2.49. The molecule has 2 aliphatic rings. The maximum atomic E-state index is 11.2. The summed E-state index contributed by atoms with van der Waals surface area (Å²) in [5.74, 6) is 0.890. The van der Waals surface area contributed by atoms with Crippen LogP contribution in [0.3, 0.4) is 0 Å². The Morgan fingerprint density at radius 1 is 1.12 bits per heavy atom.